The van der Waals surface area contributed by atoms with Crippen molar-refractivity contribution in [2.24, 2.45) is 5.73 Å². The van der Waals surface area contributed by atoms with Gasteiger partial charge in [-0.3, -0.25) is 9.59 Å². The number of nitrogens with two attached hydrogens (primary N) is 1. The number of carbonyl (C=O) groups is 2. The van der Waals surface area contributed by atoms with E-state index in [1.54, 1.807) is 24.3 Å². The molecule has 3 N–H and O–H groups in total. The van der Waals surface area contributed by atoms with Crippen LogP contribution in [0, 0.1) is 0 Å². The van der Waals surface area contributed by atoms with E-state index in [-0.39, 0.29) is 5.91 Å². The number of hydrogen-bond acceptors (Lipinski definition) is 3. The molecule has 0 radical (unpaired) electrons. The fourth-order valence-electron chi connectivity index (χ4n) is 2.56. The van der Waals surface area contributed by atoms with Crippen LogP contribution >= 0.6 is 0 Å². The number of rotatable bonds is 10. The maximum absolute atomic E-state index is 12.4. The highest BCUT2D eigenvalue weighted by Crippen LogP contribution is 2.13. The van der Waals surface area contributed by atoms with Gasteiger partial charge in [0, 0.05) is 12.0 Å². The molecule has 2 amide bonds. The molecule has 0 aliphatic heterocycles. The van der Waals surface area contributed by atoms with Crippen molar-refractivity contribution >= 4 is 11.8 Å². The quantitative estimate of drug-likeness (QED) is 0.643. The molecule has 0 saturated carbocycles. The van der Waals surface area contributed by atoms with Crippen molar-refractivity contribution in [3.8, 4) is 5.75 Å². The van der Waals surface area contributed by atoms with Crippen LogP contribution in [-0.2, 0) is 11.2 Å². The lowest BCUT2D eigenvalue weighted by Crippen LogP contribution is -2.45. The molecule has 0 fully saturated rings. The standard InChI is InChI=1S/C21H26N2O3/c1-2-3-7-14-26-18-12-10-17(11-13-18)21(25)23-19(20(22)24)15-16-8-5-4-6-9-16/h4-6,8-13,19H,2-3,7,14-15H2,1H3,(H2,22,24)(H,23,25). The third-order valence-electron chi connectivity index (χ3n) is 4.06. The Morgan fingerprint density at radius 3 is 2.35 bits per heavy atom. The molecule has 0 aliphatic rings. The van der Waals surface area contributed by atoms with Crippen molar-refractivity contribution in [1.29, 1.82) is 0 Å². The highest BCUT2D eigenvalue weighted by molar-refractivity contribution is 5.97. The molecule has 2 aromatic rings. The van der Waals surface area contributed by atoms with E-state index >= 15 is 0 Å². The monoisotopic (exact) mass is 354 g/mol. The SMILES string of the molecule is CCCCCOc1ccc(C(=O)NC(Cc2ccccc2)C(N)=O)cc1. The van der Waals surface area contributed by atoms with Gasteiger partial charge in [0.25, 0.3) is 5.91 Å². The van der Waals surface area contributed by atoms with Gasteiger partial charge in [-0.05, 0) is 36.2 Å². The van der Waals surface area contributed by atoms with Crippen LogP contribution in [0.5, 0.6) is 5.75 Å². The highest BCUT2D eigenvalue weighted by Gasteiger charge is 2.19. The van der Waals surface area contributed by atoms with E-state index in [0.29, 0.717) is 18.6 Å². The third-order valence-corrected chi connectivity index (χ3v) is 4.06. The minimum Gasteiger partial charge on any atom is -0.494 e. The van der Waals surface area contributed by atoms with Gasteiger partial charge in [-0.25, -0.2) is 0 Å². The Kier molecular flexibility index (Phi) is 7.68. The lowest BCUT2D eigenvalue weighted by Gasteiger charge is -2.16. The highest BCUT2D eigenvalue weighted by atomic mass is 16.5. The first-order valence-electron chi connectivity index (χ1n) is 8.97. The van der Waals surface area contributed by atoms with Crippen LogP contribution < -0.4 is 15.8 Å². The van der Waals surface area contributed by atoms with E-state index in [4.69, 9.17) is 10.5 Å². The van der Waals surface area contributed by atoms with Crippen LogP contribution in [0.25, 0.3) is 0 Å². The van der Waals surface area contributed by atoms with E-state index < -0.39 is 11.9 Å². The van der Waals surface area contributed by atoms with Gasteiger partial charge >= 0.3 is 0 Å². The predicted molar refractivity (Wildman–Crippen MR) is 102 cm³/mol. The Bertz CT molecular complexity index is 699. The molecule has 5 nitrogen and oxygen atoms in total. The molecule has 1 unspecified atom stereocenters. The summed E-state index contributed by atoms with van der Waals surface area (Å²) in [6.07, 6.45) is 3.65. The van der Waals surface area contributed by atoms with Crippen molar-refractivity contribution in [2.75, 3.05) is 6.61 Å². The number of amides is 2. The van der Waals surface area contributed by atoms with Gasteiger partial charge in [-0.1, -0.05) is 50.1 Å². The van der Waals surface area contributed by atoms with Crippen molar-refractivity contribution in [3.63, 3.8) is 0 Å². The molecule has 2 rings (SSSR count). The van der Waals surface area contributed by atoms with Gasteiger partial charge < -0.3 is 15.8 Å². The van der Waals surface area contributed by atoms with E-state index in [1.807, 2.05) is 30.3 Å². The van der Waals surface area contributed by atoms with Gasteiger partial charge in [0.2, 0.25) is 5.91 Å². The molecular formula is C21H26N2O3. The number of unbranched alkanes of at least 4 members (excludes halogenated alkanes) is 2. The zero-order chi connectivity index (χ0) is 18.8. The average molecular weight is 354 g/mol. The lowest BCUT2D eigenvalue weighted by atomic mass is 10.0. The zero-order valence-corrected chi connectivity index (χ0v) is 15.1. The Morgan fingerprint density at radius 1 is 1.04 bits per heavy atom. The second-order valence-electron chi connectivity index (χ2n) is 6.20. The topological polar surface area (TPSA) is 81.4 Å². The normalized spacial score (nSPS) is 11.6. The summed E-state index contributed by atoms with van der Waals surface area (Å²) in [4.78, 5) is 24.1. The molecule has 2 aromatic carbocycles. The van der Waals surface area contributed by atoms with E-state index in [2.05, 4.69) is 12.2 Å². The molecule has 5 heteroatoms. The van der Waals surface area contributed by atoms with Crippen molar-refractivity contribution in [1.82, 2.24) is 5.32 Å². The summed E-state index contributed by atoms with van der Waals surface area (Å²) in [6, 6.07) is 15.6. The maximum atomic E-state index is 12.4. The molecule has 0 bridgehead atoms. The van der Waals surface area contributed by atoms with Crippen LogP contribution in [0.4, 0.5) is 0 Å². The Balaban J connectivity index is 1.93. The Hall–Kier alpha value is -2.82. The minimum absolute atomic E-state index is 0.331. The first-order chi connectivity index (χ1) is 12.6. The zero-order valence-electron chi connectivity index (χ0n) is 15.1. The summed E-state index contributed by atoms with van der Waals surface area (Å²) in [5.41, 5.74) is 6.84. The van der Waals surface area contributed by atoms with Crippen molar-refractivity contribution in [2.45, 2.75) is 38.6 Å². The van der Waals surface area contributed by atoms with Gasteiger partial charge in [0.1, 0.15) is 11.8 Å². The number of benzene rings is 2. The summed E-state index contributed by atoms with van der Waals surface area (Å²) >= 11 is 0. The lowest BCUT2D eigenvalue weighted by molar-refractivity contribution is -0.119. The largest absolute Gasteiger partial charge is 0.494 e. The molecule has 0 heterocycles. The molecule has 26 heavy (non-hydrogen) atoms. The Morgan fingerprint density at radius 2 is 1.73 bits per heavy atom. The summed E-state index contributed by atoms with van der Waals surface area (Å²) in [5.74, 6) is -0.159. The second kappa shape index (κ2) is 10.2. The number of hydrogen-bond donors (Lipinski definition) is 2. The van der Waals surface area contributed by atoms with Gasteiger partial charge in [-0.15, -0.1) is 0 Å². The van der Waals surface area contributed by atoms with Gasteiger partial charge in [0.15, 0.2) is 0 Å². The number of ether oxygens (including phenoxy) is 1. The fourth-order valence-corrected chi connectivity index (χ4v) is 2.56. The Labute approximate surface area is 154 Å². The van der Waals surface area contributed by atoms with Crippen molar-refractivity contribution in [3.05, 3.63) is 65.7 Å². The minimum atomic E-state index is -0.755. The molecule has 0 spiro atoms. The molecule has 1 atom stereocenters. The summed E-state index contributed by atoms with van der Waals surface area (Å²) in [5, 5.41) is 2.71. The second-order valence-corrected chi connectivity index (χ2v) is 6.20. The molecular weight excluding hydrogens is 328 g/mol. The molecule has 0 aliphatic carbocycles. The van der Waals surface area contributed by atoms with E-state index in [0.717, 1.165) is 30.6 Å². The van der Waals surface area contributed by atoms with E-state index in [9.17, 15) is 9.59 Å². The van der Waals surface area contributed by atoms with E-state index in [1.165, 1.54) is 0 Å². The number of primary amides is 1. The number of carbonyl (C=O) groups excluding carboxylic acids is 2. The van der Waals surface area contributed by atoms with Crippen LogP contribution in [-0.4, -0.2) is 24.5 Å². The molecule has 0 aromatic heterocycles. The smallest absolute Gasteiger partial charge is 0.251 e. The van der Waals surface area contributed by atoms with Gasteiger partial charge in [0.05, 0.1) is 6.61 Å². The first kappa shape index (κ1) is 19.5. The van der Waals surface area contributed by atoms with Crippen LogP contribution in [0.15, 0.2) is 54.6 Å². The average Bonchev–Trinajstić information content (AvgIpc) is 2.66. The fraction of sp³-hybridized carbons (Fsp3) is 0.333. The molecule has 138 valence electrons. The summed E-state index contributed by atoms with van der Waals surface area (Å²) in [6.45, 7) is 2.81. The predicted octanol–water partition coefficient (Wildman–Crippen LogP) is 3.08. The summed E-state index contributed by atoms with van der Waals surface area (Å²) < 4.78 is 5.64. The van der Waals surface area contributed by atoms with Gasteiger partial charge in [-0.2, -0.15) is 0 Å². The van der Waals surface area contributed by atoms with Crippen molar-refractivity contribution < 1.29 is 14.3 Å². The summed E-state index contributed by atoms with van der Waals surface area (Å²) in [7, 11) is 0. The maximum Gasteiger partial charge on any atom is 0.251 e. The van der Waals surface area contributed by atoms with Crippen LogP contribution in [0.2, 0.25) is 0 Å². The van der Waals surface area contributed by atoms with Crippen LogP contribution in [0.1, 0.15) is 42.1 Å². The molecule has 0 saturated heterocycles. The number of nitrogens with one attached hydrogen (secondary N) is 1. The van der Waals surface area contributed by atoms with Crippen LogP contribution in [0.3, 0.4) is 0 Å². The third kappa shape index (κ3) is 6.24. The first-order valence-corrected chi connectivity index (χ1v) is 8.97.